The van der Waals surface area contributed by atoms with Crippen LogP contribution in [0.15, 0.2) is 23.1 Å². The fourth-order valence-corrected chi connectivity index (χ4v) is 4.85. The Labute approximate surface area is 149 Å². The summed E-state index contributed by atoms with van der Waals surface area (Å²) in [5.74, 6) is -0.0161. The van der Waals surface area contributed by atoms with E-state index in [9.17, 15) is 13.2 Å². The normalized spacial score (nSPS) is 24.7. The molecule has 1 unspecified atom stereocenters. The zero-order valence-electron chi connectivity index (χ0n) is 13.7. The van der Waals surface area contributed by atoms with Crippen molar-refractivity contribution in [1.29, 1.82) is 0 Å². The van der Waals surface area contributed by atoms with Gasteiger partial charge in [0.2, 0.25) is 15.9 Å². The zero-order chi connectivity index (χ0) is 16.7. The van der Waals surface area contributed by atoms with Crippen LogP contribution in [-0.2, 0) is 21.2 Å². The van der Waals surface area contributed by atoms with Crippen molar-refractivity contribution in [1.82, 2.24) is 4.31 Å². The van der Waals surface area contributed by atoms with Crippen molar-refractivity contribution in [2.75, 3.05) is 25.0 Å². The number of nitrogens with zero attached hydrogens (tertiary/aromatic N) is 1. The first-order valence-electron chi connectivity index (χ1n) is 7.97. The number of halogens is 1. The largest absolute Gasteiger partial charge is 0.330 e. The Morgan fingerprint density at radius 2 is 2.08 bits per heavy atom. The minimum atomic E-state index is -3.51. The molecule has 3 rings (SSSR count). The van der Waals surface area contributed by atoms with Crippen LogP contribution in [0.5, 0.6) is 0 Å². The summed E-state index contributed by atoms with van der Waals surface area (Å²) in [6.07, 6.45) is 2.69. The fourth-order valence-electron chi connectivity index (χ4n) is 3.21. The number of amides is 1. The number of nitrogens with one attached hydrogen (secondary N) is 1. The number of nitrogens with two attached hydrogens (primary N) is 1. The average molecular weight is 374 g/mol. The molecule has 2 aliphatic rings. The van der Waals surface area contributed by atoms with E-state index in [1.165, 1.54) is 4.31 Å². The SMILES string of the molecule is CC1(CN)CCN(S(=O)(=O)c2ccc3c(c2)CCCC(=O)N3)C1.Cl. The number of carbonyl (C=O) groups excluding carboxylic acids is 1. The molecule has 1 saturated heterocycles. The zero-order valence-corrected chi connectivity index (χ0v) is 15.4. The van der Waals surface area contributed by atoms with Crippen molar-refractivity contribution in [3.63, 3.8) is 0 Å². The topological polar surface area (TPSA) is 92.5 Å². The van der Waals surface area contributed by atoms with E-state index in [1.807, 2.05) is 6.92 Å². The summed E-state index contributed by atoms with van der Waals surface area (Å²) in [5.41, 5.74) is 7.23. The monoisotopic (exact) mass is 373 g/mol. The lowest BCUT2D eigenvalue weighted by molar-refractivity contribution is -0.116. The first kappa shape index (κ1) is 19.2. The molecule has 134 valence electrons. The number of rotatable bonds is 3. The second kappa shape index (κ2) is 7.00. The van der Waals surface area contributed by atoms with Crippen LogP contribution in [0.1, 0.15) is 31.7 Å². The minimum Gasteiger partial charge on any atom is -0.330 e. The number of sulfonamides is 1. The highest BCUT2D eigenvalue weighted by molar-refractivity contribution is 7.89. The number of hydrogen-bond acceptors (Lipinski definition) is 4. The Morgan fingerprint density at radius 3 is 2.75 bits per heavy atom. The highest BCUT2D eigenvalue weighted by Gasteiger charge is 2.39. The average Bonchev–Trinajstić information content (AvgIpc) is 2.82. The van der Waals surface area contributed by atoms with Crippen molar-refractivity contribution < 1.29 is 13.2 Å². The number of hydrogen-bond donors (Lipinski definition) is 2. The lowest BCUT2D eigenvalue weighted by atomic mass is 9.90. The van der Waals surface area contributed by atoms with Crippen LogP contribution < -0.4 is 11.1 Å². The van der Waals surface area contributed by atoms with E-state index in [0.29, 0.717) is 37.4 Å². The molecule has 0 bridgehead atoms. The van der Waals surface area contributed by atoms with E-state index in [0.717, 1.165) is 24.1 Å². The maximum atomic E-state index is 12.9. The molecule has 8 heteroatoms. The van der Waals surface area contributed by atoms with E-state index in [-0.39, 0.29) is 23.7 Å². The van der Waals surface area contributed by atoms with Crippen LogP contribution in [0.25, 0.3) is 0 Å². The third kappa shape index (κ3) is 3.59. The van der Waals surface area contributed by atoms with E-state index < -0.39 is 10.0 Å². The number of benzene rings is 1. The molecule has 1 aromatic carbocycles. The molecule has 1 amide bonds. The number of anilines is 1. The van der Waals surface area contributed by atoms with Gasteiger partial charge < -0.3 is 11.1 Å². The maximum absolute atomic E-state index is 12.9. The number of fused-ring (bicyclic) bond motifs is 1. The number of aryl methyl sites for hydroxylation is 1. The second-order valence-corrected chi connectivity index (χ2v) is 8.76. The van der Waals surface area contributed by atoms with Crippen LogP contribution in [-0.4, -0.2) is 38.3 Å². The summed E-state index contributed by atoms with van der Waals surface area (Å²) in [7, 11) is -3.51. The molecule has 2 aliphatic heterocycles. The number of carbonyl (C=O) groups is 1. The van der Waals surface area contributed by atoms with Gasteiger partial charge in [-0.05, 0) is 55.0 Å². The molecule has 2 heterocycles. The Balaban J connectivity index is 0.00000208. The summed E-state index contributed by atoms with van der Waals surface area (Å²) in [6.45, 7) is 3.47. The smallest absolute Gasteiger partial charge is 0.243 e. The van der Waals surface area contributed by atoms with Gasteiger partial charge >= 0.3 is 0 Å². The van der Waals surface area contributed by atoms with Gasteiger partial charge in [0.15, 0.2) is 0 Å². The van der Waals surface area contributed by atoms with Gasteiger partial charge in [0.05, 0.1) is 4.90 Å². The van der Waals surface area contributed by atoms with Gasteiger partial charge in [0.1, 0.15) is 0 Å². The molecule has 0 aliphatic carbocycles. The van der Waals surface area contributed by atoms with Crippen LogP contribution in [0.3, 0.4) is 0 Å². The second-order valence-electron chi connectivity index (χ2n) is 6.82. The lowest BCUT2D eigenvalue weighted by Crippen LogP contribution is -2.34. The first-order valence-corrected chi connectivity index (χ1v) is 9.41. The molecular formula is C16H24ClN3O3S. The van der Waals surface area contributed by atoms with Gasteiger partial charge in [-0.25, -0.2) is 8.42 Å². The Hall–Kier alpha value is -1.15. The molecule has 6 nitrogen and oxygen atoms in total. The van der Waals surface area contributed by atoms with Crippen LogP contribution in [0, 0.1) is 5.41 Å². The van der Waals surface area contributed by atoms with Crippen LogP contribution in [0.2, 0.25) is 0 Å². The predicted octanol–water partition coefficient (Wildman–Crippen LogP) is 1.74. The maximum Gasteiger partial charge on any atom is 0.243 e. The summed E-state index contributed by atoms with van der Waals surface area (Å²) in [6, 6.07) is 4.98. The summed E-state index contributed by atoms with van der Waals surface area (Å²) in [5, 5.41) is 2.83. The molecule has 1 fully saturated rings. The molecule has 24 heavy (non-hydrogen) atoms. The third-order valence-electron chi connectivity index (χ3n) is 4.85. The van der Waals surface area contributed by atoms with E-state index in [2.05, 4.69) is 5.32 Å². The van der Waals surface area contributed by atoms with Gasteiger partial charge in [0, 0.05) is 25.2 Å². The van der Waals surface area contributed by atoms with Gasteiger partial charge in [0.25, 0.3) is 0 Å². The highest BCUT2D eigenvalue weighted by atomic mass is 35.5. The van der Waals surface area contributed by atoms with Crippen molar-refractivity contribution >= 4 is 34.0 Å². The summed E-state index contributed by atoms with van der Waals surface area (Å²) in [4.78, 5) is 11.9. The van der Waals surface area contributed by atoms with Gasteiger partial charge in [-0.2, -0.15) is 4.31 Å². The Morgan fingerprint density at radius 1 is 1.33 bits per heavy atom. The quantitative estimate of drug-likeness (QED) is 0.844. The Bertz CT molecular complexity index is 738. The molecule has 0 saturated carbocycles. The highest BCUT2D eigenvalue weighted by Crippen LogP contribution is 2.33. The van der Waals surface area contributed by atoms with Gasteiger partial charge in [-0.3, -0.25) is 4.79 Å². The van der Waals surface area contributed by atoms with Crippen LogP contribution >= 0.6 is 12.4 Å². The van der Waals surface area contributed by atoms with E-state index >= 15 is 0 Å². The van der Waals surface area contributed by atoms with Gasteiger partial charge in [-0.1, -0.05) is 6.92 Å². The summed E-state index contributed by atoms with van der Waals surface area (Å²) >= 11 is 0. The van der Waals surface area contributed by atoms with Crippen LogP contribution in [0.4, 0.5) is 5.69 Å². The first-order chi connectivity index (χ1) is 10.8. The Kier molecular flexibility index (Phi) is 5.59. The predicted molar refractivity (Wildman–Crippen MR) is 95.8 cm³/mol. The molecule has 1 atom stereocenters. The van der Waals surface area contributed by atoms with E-state index in [4.69, 9.17) is 5.73 Å². The van der Waals surface area contributed by atoms with Crippen molar-refractivity contribution in [2.45, 2.75) is 37.5 Å². The molecule has 3 N–H and O–H groups in total. The minimum absolute atomic E-state index is 0. The molecule has 0 radical (unpaired) electrons. The summed E-state index contributed by atoms with van der Waals surface area (Å²) < 4.78 is 27.3. The molecule has 0 spiro atoms. The van der Waals surface area contributed by atoms with Crippen molar-refractivity contribution in [2.24, 2.45) is 11.1 Å². The standard InChI is InChI=1S/C16H23N3O3S.ClH/c1-16(10-17)7-8-19(11-16)23(21,22)13-5-6-14-12(9-13)3-2-4-15(20)18-14;/h5-6,9H,2-4,7-8,10-11,17H2,1H3,(H,18,20);1H. The molecule has 0 aromatic heterocycles. The third-order valence-corrected chi connectivity index (χ3v) is 6.70. The lowest BCUT2D eigenvalue weighted by Gasteiger charge is -2.22. The molecular weight excluding hydrogens is 350 g/mol. The van der Waals surface area contributed by atoms with Gasteiger partial charge in [-0.15, -0.1) is 12.4 Å². The van der Waals surface area contributed by atoms with E-state index in [1.54, 1.807) is 18.2 Å². The van der Waals surface area contributed by atoms with Crippen molar-refractivity contribution in [3.05, 3.63) is 23.8 Å². The fraction of sp³-hybridized carbons (Fsp3) is 0.562. The molecule has 1 aromatic rings. The van der Waals surface area contributed by atoms with Crippen molar-refractivity contribution in [3.8, 4) is 0 Å².